The van der Waals surface area contributed by atoms with E-state index >= 15 is 0 Å². The van der Waals surface area contributed by atoms with Crippen LogP contribution in [0.4, 0.5) is 4.39 Å². The van der Waals surface area contributed by atoms with Crippen LogP contribution in [0.25, 0.3) is 0 Å². The van der Waals surface area contributed by atoms with Crippen molar-refractivity contribution in [3.05, 3.63) is 35.1 Å². The summed E-state index contributed by atoms with van der Waals surface area (Å²) < 4.78 is 36.4. The van der Waals surface area contributed by atoms with Gasteiger partial charge in [0.15, 0.2) is 9.84 Å². The number of aromatic carboxylic acids is 1. The van der Waals surface area contributed by atoms with Crippen LogP contribution in [0.3, 0.4) is 0 Å². The largest absolute Gasteiger partial charge is 0.478 e. The van der Waals surface area contributed by atoms with Crippen LogP contribution < -0.4 is 0 Å². The predicted octanol–water partition coefficient (Wildman–Crippen LogP) is 1.14. The van der Waals surface area contributed by atoms with Crippen LogP contribution in [0.15, 0.2) is 18.2 Å². The Morgan fingerprint density at radius 1 is 1.45 bits per heavy atom. The fourth-order valence-corrected chi connectivity index (χ4v) is 3.99. The lowest BCUT2D eigenvalue weighted by Gasteiger charge is -2.33. The molecule has 20 heavy (non-hydrogen) atoms. The van der Waals surface area contributed by atoms with Crippen molar-refractivity contribution in [2.45, 2.75) is 19.5 Å². The normalized spacial score (nSPS) is 22.6. The van der Waals surface area contributed by atoms with Crippen molar-refractivity contribution in [3.8, 4) is 0 Å². The fraction of sp³-hybridized carbons (Fsp3) is 0.462. The molecule has 1 aliphatic rings. The van der Waals surface area contributed by atoms with Gasteiger partial charge in [0.1, 0.15) is 5.82 Å². The van der Waals surface area contributed by atoms with Crippen molar-refractivity contribution in [3.63, 3.8) is 0 Å². The average molecular weight is 301 g/mol. The summed E-state index contributed by atoms with van der Waals surface area (Å²) in [5.41, 5.74) is 0.436. The van der Waals surface area contributed by atoms with Gasteiger partial charge in [-0.2, -0.15) is 0 Å². The van der Waals surface area contributed by atoms with E-state index in [1.165, 1.54) is 12.1 Å². The Bertz CT molecular complexity index is 629. The van der Waals surface area contributed by atoms with Crippen molar-refractivity contribution in [1.29, 1.82) is 0 Å². The number of hydrogen-bond acceptors (Lipinski definition) is 4. The molecule has 110 valence electrons. The number of carboxylic acids is 1. The average Bonchev–Trinajstić information content (AvgIpc) is 2.31. The molecule has 0 saturated carbocycles. The van der Waals surface area contributed by atoms with E-state index in [-0.39, 0.29) is 23.1 Å². The van der Waals surface area contributed by atoms with Gasteiger partial charge in [-0.15, -0.1) is 0 Å². The standard InChI is InChI=1S/C13H16FNO4S/c1-9-8-20(18,19)3-2-15(9)7-10-4-11(13(16)17)6-12(14)5-10/h4-6,9H,2-3,7-8H2,1H3,(H,16,17). The van der Waals surface area contributed by atoms with E-state index in [1.54, 1.807) is 6.92 Å². The number of halogens is 1. The molecule has 7 heteroatoms. The van der Waals surface area contributed by atoms with Gasteiger partial charge in [0.2, 0.25) is 0 Å². The summed E-state index contributed by atoms with van der Waals surface area (Å²) in [5.74, 6) is -1.62. The highest BCUT2D eigenvalue weighted by Gasteiger charge is 2.28. The minimum Gasteiger partial charge on any atom is -0.478 e. The van der Waals surface area contributed by atoms with Crippen LogP contribution in [0.2, 0.25) is 0 Å². The molecule has 0 aliphatic carbocycles. The Labute approximate surface area is 116 Å². The number of carbonyl (C=O) groups is 1. The minimum absolute atomic E-state index is 0.0775. The van der Waals surface area contributed by atoms with E-state index in [0.717, 1.165) is 6.07 Å². The van der Waals surface area contributed by atoms with Gasteiger partial charge in [-0.3, -0.25) is 4.90 Å². The monoisotopic (exact) mass is 301 g/mol. The molecule has 1 heterocycles. The molecule has 0 aromatic heterocycles. The lowest BCUT2D eigenvalue weighted by Crippen LogP contribution is -2.46. The van der Waals surface area contributed by atoms with Gasteiger partial charge in [0.05, 0.1) is 17.1 Å². The molecule has 1 aromatic carbocycles. The number of sulfone groups is 1. The van der Waals surface area contributed by atoms with Gasteiger partial charge in [-0.1, -0.05) is 0 Å². The summed E-state index contributed by atoms with van der Waals surface area (Å²) >= 11 is 0. The van der Waals surface area contributed by atoms with Gasteiger partial charge in [-0.25, -0.2) is 17.6 Å². The highest BCUT2D eigenvalue weighted by molar-refractivity contribution is 7.91. The maximum absolute atomic E-state index is 13.4. The van der Waals surface area contributed by atoms with E-state index in [4.69, 9.17) is 5.11 Å². The first kappa shape index (κ1) is 14.9. The molecule has 2 rings (SSSR count). The number of hydrogen-bond donors (Lipinski definition) is 1. The second kappa shape index (κ2) is 5.49. The summed E-state index contributed by atoms with van der Waals surface area (Å²) in [6.07, 6.45) is 0. The van der Waals surface area contributed by atoms with E-state index in [2.05, 4.69) is 0 Å². The molecular weight excluding hydrogens is 285 g/mol. The molecular formula is C13H16FNO4S. The molecule has 1 N–H and O–H groups in total. The third-order valence-electron chi connectivity index (χ3n) is 3.40. The summed E-state index contributed by atoms with van der Waals surface area (Å²) in [4.78, 5) is 12.8. The van der Waals surface area contributed by atoms with E-state index in [9.17, 15) is 17.6 Å². The lowest BCUT2D eigenvalue weighted by molar-refractivity contribution is 0.0696. The van der Waals surface area contributed by atoms with Crippen molar-refractivity contribution < 1.29 is 22.7 Å². The Kier molecular flexibility index (Phi) is 4.10. The second-order valence-corrected chi connectivity index (χ2v) is 7.32. The topological polar surface area (TPSA) is 74.7 Å². The number of benzene rings is 1. The molecule has 0 spiro atoms. The molecule has 0 bridgehead atoms. The Hall–Kier alpha value is -1.47. The first-order valence-corrected chi connectivity index (χ1v) is 8.06. The molecule has 1 aromatic rings. The minimum atomic E-state index is -3.00. The third-order valence-corrected chi connectivity index (χ3v) is 5.19. The zero-order valence-corrected chi connectivity index (χ0v) is 11.9. The molecule has 5 nitrogen and oxygen atoms in total. The molecule has 1 fully saturated rings. The van der Waals surface area contributed by atoms with Crippen molar-refractivity contribution >= 4 is 15.8 Å². The van der Waals surface area contributed by atoms with Crippen LogP contribution >= 0.6 is 0 Å². The molecule has 1 saturated heterocycles. The maximum atomic E-state index is 13.4. The number of carboxylic acid groups (broad SMARTS) is 1. The fourth-order valence-electron chi connectivity index (χ4n) is 2.37. The summed E-state index contributed by atoms with van der Waals surface area (Å²) in [6.45, 7) is 2.52. The highest BCUT2D eigenvalue weighted by Crippen LogP contribution is 2.17. The Morgan fingerprint density at radius 3 is 2.75 bits per heavy atom. The van der Waals surface area contributed by atoms with Crippen molar-refractivity contribution in [2.75, 3.05) is 18.1 Å². The van der Waals surface area contributed by atoms with E-state index in [1.807, 2.05) is 4.90 Å². The molecule has 1 unspecified atom stereocenters. The number of rotatable bonds is 3. The van der Waals surface area contributed by atoms with Crippen molar-refractivity contribution in [1.82, 2.24) is 4.90 Å². The Morgan fingerprint density at radius 2 is 2.15 bits per heavy atom. The molecule has 0 radical (unpaired) electrons. The van der Waals surface area contributed by atoms with E-state index < -0.39 is 21.6 Å². The smallest absolute Gasteiger partial charge is 0.335 e. The first-order valence-electron chi connectivity index (χ1n) is 6.24. The molecule has 0 amide bonds. The van der Waals surface area contributed by atoms with Crippen LogP contribution in [0.1, 0.15) is 22.8 Å². The van der Waals surface area contributed by atoms with Crippen molar-refractivity contribution in [2.24, 2.45) is 0 Å². The SMILES string of the molecule is CC1CS(=O)(=O)CCN1Cc1cc(F)cc(C(=O)O)c1. The lowest BCUT2D eigenvalue weighted by atomic mass is 10.1. The molecule has 1 atom stereocenters. The summed E-state index contributed by atoms with van der Waals surface area (Å²) in [7, 11) is -3.00. The van der Waals surface area contributed by atoms with Crippen LogP contribution in [0, 0.1) is 5.82 Å². The van der Waals surface area contributed by atoms with Crippen LogP contribution in [-0.2, 0) is 16.4 Å². The second-order valence-electron chi connectivity index (χ2n) is 5.09. The zero-order valence-electron chi connectivity index (χ0n) is 11.0. The van der Waals surface area contributed by atoms with Gasteiger partial charge >= 0.3 is 5.97 Å². The Balaban J connectivity index is 2.16. The van der Waals surface area contributed by atoms with Gasteiger partial charge in [0, 0.05) is 19.1 Å². The summed E-state index contributed by atoms with van der Waals surface area (Å²) in [6, 6.07) is 3.50. The number of nitrogens with zero attached hydrogens (tertiary/aromatic N) is 1. The van der Waals surface area contributed by atoms with Gasteiger partial charge in [0.25, 0.3) is 0 Å². The zero-order chi connectivity index (χ0) is 14.9. The van der Waals surface area contributed by atoms with E-state index in [0.29, 0.717) is 18.7 Å². The van der Waals surface area contributed by atoms with Gasteiger partial charge < -0.3 is 5.11 Å². The van der Waals surface area contributed by atoms with Crippen LogP contribution in [-0.4, -0.2) is 48.5 Å². The maximum Gasteiger partial charge on any atom is 0.335 e. The van der Waals surface area contributed by atoms with Gasteiger partial charge in [-0.05, 0) is 30.7 Å². The summed E-state index contributed by atoms with van der Waals surface area (Å²) in [5, 5.41) is 8.90. The predicted molar refractivity (Wildman–Crippen MR) is 71.9 cm³/mol. The first-order chi connectivity index (χ1) is 9.27. The van der Waals surface area contributed by atoms with Crippen LogP contribution in [0.5, 0.6) is 0 Å². The third kappa shape index (κ3) is 3.55. The molecule has 1 aliphatic heterocycles. The quantitative estimate of drug-likeness (QED) is 0.906. The highest BCUT2D eigenvalue weighted by atomic mass is 32.2.